The fourth-order valence-electron chi connectivity index (χ4n) is 3.63. The summed E-state index contributed by atoms with van der Waals surface area (Å²) in [6, 6.07) is 21.8. The van der Waals surface area contributed by atoms with Gasteiger partial charge in [-0.3, -0.25) is 9.36 Å². The third-order valence-corrected chi connectivity index (χ3v) is 6.70. The molecule has 2 amide bonds. The van der Waals surface area contributed by atoms with Crippen molar-refractivity contribution in [2.24, 2.45) is 0 Å². The van der Waals surface area contributed by atoms with E-state index >= 15 is 0 Å². The van der Waals surface area contributed by atoms with Gasteiger partial charge < -0.3 is 25.2 Å². The van der Waals surface area contributed by atoms with Crippen molar-refractivity contribution in [1.82, 2.24) is 10.6 Å². The van der Waals surface area contributed by atoms with Gasteiger partial charge >= 0.3 is 19.4 Å². The van der Waals surface area contributed by atoms with Gasteiger partial charge in [0.05, 0.1) is 0 Å². The smallest absolute Gasteiger partial charge is 0.408 e. The van der Waals surface area contributed by atoms with Gasteiger partial charge in [-0.25, -0.2) is 4.79 Å². The largest absolute Gasteiger partial charge is 0.445 e. The normalized spacial score (nSPS) is 12.4. The quantitative estimate of drug-likeness (QED) is 0.196. The fraction of sp³-hybridized carbons (Fsp3) is 0.259. The molecule has 3 rings (SSSR count). The van der Waals surface area contributed by atoms with E-state index in [1.807, 2.05) is 36.4 Å². The Bertz CT molecular complexity index is 1240. The highest BCUT2D eigenvalue weighted by Gasteiger charge is 2.50. The van der Waals surface area contributed by atoms with Crippen molar-refractivity contribution in [3.05, 3.63) is 107 Å². The van der Waals surface area contributed by atoms with E-state index in [2.05, 4.69) is 10.6 Å². The van der Waals surface area contributed by atoms with Crippen LogP contribution in [0.4, 0.5) is 13.6 Å². The standard InChI is InChI=1S/C27H29F2N2O6P/c28-27(29,38(34,35)36)23-15-13-21(14-16-23)18-24(31-26(33)37-19-22-10-5-2-6-11-22)25(32)30-17-7-12-20-8-3-1-4-9-20/h1-6,8-11,13-16,24H,7,12,17-19H2,(H,30,32)(H,31,33)(H2,34,35,36). The molecule has 1 unspecified atom stereocenters. The van der Waals surface area contributed by atoms with Crippen LogP contribution in [0.15, 0.2) is 84.9 Å². The molecule has 0 radical (unpaired) electrons. The molecule has 11 heteroatoms. The summed E-state index contributed by atoms with van der Waals surface area (Å²) in [6.45, 7) is 0.336. The van der Waals surface area contributed by atoms with E-state index in [9.17, 15) is 22.9 Å². The molecule has 0 fully saturated rings. The lowest BCUT2D eigenvalue weighted by Crippen LogP contribution is -2.48. The third-order valence-electron chi connectivity index (χ3n) is 5.71. The van der Waals surface area contributed by atoms with Gasteiger partial charge in [-0.1, -0.05) is 84.9 Å². The van der Waals surface area contributed by atoms with E-state index in [4.69, 9.17) is 14.5 Å². The predicted octanol–water partition coefficient (Wildman–Crippen LogP) is 4.50. The summed E-state index contributed by atoms with van der Waals surface area (Å²) in [7, 11) is -5.71. The lowest BCUT2D eigenvalue weighted by atomic mass is 10.0. The molecular weight excluding hydrogens is 517 g/mol. The number of hydrogen-bond acceptors (Lipinski definition) is 4. The lowest BCUT2D eigenvalue weighted by Gasteiger charge is -2.20. The maximum absolute atomic E-state index is 14.0. The minimum Gasteiger partial charge on any atom is -0.445 e. The summed E-state index contributed by atoms with van der Waals surface area (Å²) in [5, 5.41) is 5.29. The highest BCUT2D eigenvalue weighted by atomic mass is 31.2. The third kappa shape index (κ3) is 8.48. The van der Waals surface area contributed by atoms with Gasteiger partial charge in [-0.05, 0) is 29.5 Å². The Morgan fingerprint density at radius 1 is 0.868 bits per heavy atom. The van der Waals surface area contributed by atoms with Crippen LogP contribution in [-0.4, -0.2) is 34.4 Å². The van der Waals surface area contributed by atoms with Crippen LogP contribution >= 0.6 is 7.60 Å². The van der Waals surface area contributed by atoms with Crippen LogP contribution in [0.3, 0.4) is 0 Å². The number of alkyl carbamates (subject to hydrolysis) is 1. The molecule has 3 aromatic carbocycles. The molecule has 0 bridgehead atoms. The zero-order valence-corrected chi connectivity index (χ0v) is 21.3. The molecule has 0 saturated carbocycles. The number of aryl methyl sites for hydroxylation is 1. The number of halogens is 2. The van der Waals surface area contributed by atoms with E-state index in [0.29, 0.717) is 18.5 Å². The maximum Gasteiger partial charge on any atom is 0.408 e. The van der Waals surface area contributed by atoms with Crippen molar-refractivity contribution in [2.45, 2.75) is 37.6 Å². The second-order valence-corrected chi connectivity index (χ2v) is 10.3. The van der Waals surface area contributed by atoms with Gasteiger partial charge in [0.15, 0.2) is 0 Å². The summed E-state index contributed by atoms with van der Waals surface area (Å²) < 4.78 is 44.3. The first-order valence-corrected chi connectivity index (χ1v) is 13.5. The zero-order valence-electron chi connectivity index (χ0n) is 20.4. The van der Waals surface area contributed by atoms with Crippen LogP contribution in [0, 0.1) is 0 Å². The van der Waals surface area contributed by atoms with Crippen molar-refractivity contribution < 1.29 is 37.5 Å². The van der Waals surface area contributed by atoms with Crippen molar-refractivity contribution >= 4 is 19.6 Å². The van der Waals surface area contributed by atoms with Gasteiger partial charge in [0.25, 0.3) is 0 Å². The average molecular weight is 547 g/mol. The fourth-order valence-corrected chi connectivity index (χ4v) is 4.12. The van der Waals surface area contributed by atoms with Crippen molar-refractivity contribution in [2.75, 3.05) is 6.54 Å². The van der Waals surface area contributed by atoms with Crippen LogP contribution in [0.2, 0.25) is 0 Å². The van der Waals surface area contributed by atoms with E-state index in [1.165, 1.54) is 12.1 Å². The van der Waals surface area contributed by atoms with Crippen LogP contribution in [0.5, 0.6) is 0 Å². The van der Waals surface area contributed by atoms with Crippen LogP contribution in [0.1, 0.15) is 28.7 Å². The number of benzene rings is 3. The molecule has 0 aromatic heterocycles. The van der Waals surface area contributed by atoms with Crippen LogP contribution in [-0.2, 0) is 39.2 Å². The average Bonchev–Trinajstić information content (AvgIpc) is 2.90. The molecule has 8 nitrogen and oxygen atoms in total. The Morgan fingerprint density at radius 3 is 2.03 bits per heavy atom. The highest BCUT2D eigenvalue weighted by molar-refractivity contribution is 7.52. The van der Waals surface area contributed by atoms with Gasteiger partial charge in [0.2, 0.25) is 5.91 Å². The predicted molar refractivity (Wildman–Crippen MR) is 137 cm³/mol. The number of carbonyl (C=O) groups is 2. The Morgan fingerprint density at radius 2 is 1.45 bits per heavy atom. The Kier molecular flexibility index (Phi) is 10.1. The van der Waals surface area contributed by atoms with E-state index in [-0.39, 0.29) is 13.0 Å². The van der Waals surface area contributed by atoms with E-state index in [1.54, 1.807) is 24.3 Å². The lowest BCUT2D eigenvalue weighted by molar-refractivity contribution is -0.123. The minimum absolute atomic E-state index is 0.00968. The van der Waals surface area contributed by atoms with Gasteiger partial charge in [0.1, 0.15) is 12.6 Å². The summed E-state index contributed by atoms with van der Waals surface area (Å²) in [4.78, 5) is 43.2. The Labute approximate surface area is 219 Å². The van der Waals surface area contributed by atoms with Crippen molar-refractivity contribution in [3.63, 3.8) is 0 Å². The van der Waals surface area contributed by atoms with Crippen LogP contribution < -0.4 is 10.6 Å². The molecule has 0 aliphatic carbocycles. The van der Waals surface area contributed by atoms with Gasteiger partial charge in [-0.2, -0.15) is 8.78 Å². The van der Waals surface area contributed by atoms with E-state index < -0.39 is 36.9 Å². The number of nitrogens with one attached hydrogen (secondary N) is 2. The first-order valence-electron chi connectivity index (χ1n) is 11.9. The summed E-state index contributed by atoms with van der Waals surface area (Å²) in [5.74, 6) is -0.487. The molecule has 0 spiro atoms. The second-order valence-electron chi connectivity index (χ2n) is 8.63. The molecule has 3 aromatic rings. The summed E-state index contributed by atoms with van der Waals surface area (Å²) in [6.07, 6.45) is 0.510. The topological polar surface area (TPSA) is 125 Å². The zero-order chi connectivity index (χ0) is 27.6. The number of carbonyl (C=O) groups excluding carboxylic acids is 2. The molecule has 4 N–H and O–H groups in total. The number of ether oxygens (including phenoxy) is 1. The Balaban J connectivity index is 1.64. The Hall–Kier alpha value is -3.59. The number of hydrogen-bond donors (Lipinski definition) is 4. The van der Waals surface area contributed by atoms with Crippen LogP contribution in [0.25, 0.3) is 0 Å². The SMILES string of the molecule is O=C(NC(Cc1ccc(C(F)(F)P(=O)(O)O)cc1)C(=O)NCCCc1ccccc1)OCc1ccccc1. The molecule has 0 aliphatic heterocycles. The van der Waals surface area contributed by atoms with Crippen molar-refractivity contribution in [1.29, 1.82) is 0 Å². The molecular formula is C27H29F2N2O6P. The van der Waals surface area contributed by atoms with Gasteiger partial charge in [0, 0.05) is 18.5 Å². The van der Waals surface area contributed by atoms with Gasteiger partial charge in [-0.15, -0.1) is 0 Å². The first-order chi connectivity index (χ1) is 18.1. The van der Waals surface area contributed by atoms with E-state index in [0.717, 1.165) is 29.7 Å². The minimum atomic E-state index is -5.71. The maximum atomic E-state index is 14.0. The monoisotopic (exact) mass is 546 g/mol. The molecule has 0 aliphatic rings. The van der Waals surface area contributed by atoms with Crippen molar-refractivity contribution in [3.8, 4) is 0 Å². The second kappa shape index (κ2) is 13.3. The summed E-state index contributed by atoms with van der Waals surface area (Å²) >= 11 is 0. The molecule has 0 heterocycles. The molecule has 0 saturated heterocycles. The number of rotatable bonds is 12. The number of amides is 2. The molecule has 1 atom stereocenters. The first kappa shape index (κ1) is 29.0. The highest BCUT2D eigenvalue weighted by Crippen LogP contribution is 2.59. The molecule has 38 heavy (non-hydrogen) atoms. The molecule has 202 valence electrons. The summed E-state index contributed by atoms with van der Waals surface area (Å²) in [5.41, 5.74) is -2.94. The number of alkyl halides is 2.